The van der Waals surface area contributed by atoms with Crippen molar-refractivity contribution >= 4 is 17.5 Å². The summed E-state index contributed by atoms with van der Waals surface area (Å²) >= 11 is 0. The minimum Gasteiger partial charge on any atom is -0.464 e. The average molecular weight is 510 g/mol. The highest BCUT2D eigenvalue weighted by Gasteiger charge is 2.15. The number of carbonyl (C=O) groups is 1. The fraction of sp³-hybridized carbons (Fsp3) is 0.214. The van der Waals surface area contributed by atoms with Crippen LogP contribution in [0.3, 0.4) is 0 Å². The van der Waals surface area contributed by atoms with E-state index in [1.54, 1.807) is 18.5 Å². The molecule has 0 atom stereocenters. The topological polar surface area (TPSA) is 117 Å². The smallest absolute Gasteiger partial charge is 0.358 e. The summed E-state index contributed by atoms with van der Waals surface area (Å²) in [6.07, 6.45) is 11.5. The summed E-state index contributed by atoms with van der Waals surface area (Å²) in [5.41, 5.74) is 1.88. The molecule has 192 valence electrons. The van der Waals surface area contributed by atoms with Crippen LogP contribution in [0.25, 0.3) is 11.5 Å². The predicted molar refractivity (Wildman–Crippen MR) is 140 cm³/mol. The Morgan fingerprint density at radius 1 is 1.00 bits per heavy atom. The molecule has 0 aliphatic carbocycles. The third-order valence-corrected chi connectivity index (χ3v) is 6.34. The molecule has 2 aliphatic rings. The van der Waals surface area contributed by atoms with E-state index in [1.807, 2.05) is 59.2 Å². The van der Waals surface area contributed by atoms with Crippen LogP contribution in [0.1, 0.15) is 41.6 Å². The largest absolute Gasteiger partial charge is 0.464 e. The lowest BCUT2D eigenvalue weighted by Gasteiger charge is -2.16. The summed E-state index contributed by atoms with van der Waals surface area (Å²) in [6, 6.07) is 13.8. The number of methoxy groups -OCH3 is 1. The predicted octanol–water partition coefficient (Wildman–Crippen LogP) is 4.13. The van der Waals surface area contributed by atoms with Gasteiger partial charge < -0.3 is 9.30 Å². The van der Waals surface area contributed by atoms with Crippen molar-refractivity contribution in [2.45, 2.75) is 32.7 Å². The highest BCUT2D eigenvalue weighted by atomic mass is 16.5. The molecule has 0 bridgehead atoms. The van der Waals surface area contributed by atoms with E-state index in [0.717, 1.165) is 56.6 Å². The van der Waals surface area contributed by atoms with Gasteiger partial charge in [-0.25, -0.2) is 14.8 Å². The van der Waals surface area contributed by atoms with Crippen molar-refractivity contribution in [3.8, 4) is 0 Å². The van der Waals surface area contributed by atoms with Crippen molar-refractivity contribution in [1.82, 2.24) is 14.6 Å². The highest BCUT2D eigenvalue weighted by Crippen LogP contribution is 2.14. The Labute approximate surface area is 218 Å². The fourth-order valence-corrected chi connectivity index (χ4v) is 4.47. The van der Waals surface area contributed by atoms with Crippen molar-refractivity contribution in [2.24, 2.45) is 20.7 Å². The van der Waals surface area contributed by atoms with Crippen molar-refractivity contribution in [3.63, 3.8) is 0 Å². The molecular weight excluding hydrogens is 482 g/mol. The summed E-state index contributed by atoms with van der Waals surface area (Å²) in [4.78, 5) is 16.7. The molecule has 3 heterocycles. The molecule has 0 spiro atoms. The molecule has 2 aromatic carbocycles. The second kappa shape index (κ2) is 11.1. The minimum atomic E-state index is -0.460. The standard InChI is InChI=1S/C28H27N7O3/c1-3-4-12-26-29-24(28(36)38-2)18-34(26)17-19-13-14-21(23(16-19)25-11-7-8-15-35(25)37)20-9-5-6-10-22(20)27-30-32-33-31-27/h5-11,13-16,18,37H,3-4,12,17H2,1-2H3. The molecule has 0 fully saturated rings. The number of rotatable bonds is 6. The van der Waals surface area contributed by atoms with Crippen LogP contribution in [-0.2, 0) is 17.7 Å². The second-order valence-corrected chi connectivity index (χ2v) is 8.82. The molecule has 0 saturated carbocycles. The maximum absolute atomic E-state index is 12.2. The van der Waals surface area contributed by atoms with E-state index in [2.05, 4.69) is 32.6 Å². The SMILES string of the molecule is CCCCc1nc(C(=O)OC)cn1Cc1ccc(=c2ccccc2=C2N=NN=N2)c(=C2C=CC=CN2O)c1. The number of nitrogens with zero attached hydrogens (tertiary/aromatic N) is 7. The first-order valence-corrected chi connectivity index (χ1v) is 12.3. The van der Waals surface area contributed by atoms with E-state index < -0.39 is 5.97 Å². The van der Waals surface area contributed by atoms with E-state index in [1.165, 1.54) is 7.11 Å². The number of carbonyl (C=O) groups excluding carboxylic acids is 1. The number of imidazole rings is 1. The van der Waals surface area contributed by atoms with Gasteiger partial charge in [-0.05, 0) is 51.1 Å². The molecule has 5 rings (SSSR count). The molecule has 10 nitrogen and oxygen atoms in total. The molecule has 0 unspecified atom stereocenters. The zero-order valence-corrected chi connectivity index (χ0v) is 21.2. The molecule has 2 aliphatic heterocycles. The summed E-state index contributed by atoms with van der Waals surface area (Å²) in [6.45, 7) is 2.62. The van der Waals surface area contributed by atoms with Gasteiger partial charge in [0.25, 0.3) is 0 Å². The monoisotopic (exact) mass is 509 g/mol. The second-order valence-electron chi connectivity index (χ2n) is 8.82. The highest BCUT2D eigenvalue weighted by molar-refractivity contribution is 5.86. The lowest BCUT2D eigenvalue weighted by Crippen LogP contribution is -2.22. The quantitative estimate of drug-likeness (QED) is 0.502. The number of esters is 1. The Hall–Kier alpha value is -4.70. The van der Waals surface area contributed by atoms with Gasteiger partial charge in [0.2, 0.25) is 5.82 Å². The van der Waals surface area contributed by atoms with Gasteiger partial charge in [-0.1, -0.05) is 55.8 Å². The van der Waals surface area contributed by atoms with E-state index in [4.69, 9.17) is 4.74 Å². The summed E-state index contributed by atoms with van der Waals surface area (Å²) in [7, 11) is 1.35. The number of ether oxygens (including phenoxy) is 1. The van der Waals surface area contributed by atoms with E-state index >= 15 is 0 Å². The Kier molecular flexibility index (Phi) is 7.32. The third-order valence-electron chi connectivity index (χ3n) is 6.34. The first kappa shape index (κ1) is 25.0. The van der Waals surface area contributed by atoms with Gasteiger partial charge in [0, 0.05) is 35.8 Å². The van der Waals surface area contributed by atoms with Crippen LogP contribution in [0.15, 0.2) is 93.8 Å². The lowest BCUT2D eigenvalue weighted by molar-refractivity contribution is 0.0241. The minimum absolute atomic E-state index is 0.289. The molecule has 0 saturated heterocycles. The zero-order chi connectivity index (χ0) is 26.5. The van der Waals surface area contributed by atoms with Crippen molar-refractivity contribution < 1.29 is 14.7 Å². The third kappa shape index (κ3) is 5.07. The van der Waals surface area contributed by atoms with Crippen LogP contribution in [-0.4, -0.2) is 32.9 Å². The number of allylic oxidation sites excluding steroid dienone is 2. The number of hydrogen-bond acceptors (Lipinski definition) is 9. The Balaban J connectivity index is 1.74. The maximum atomic E-state index is 12.2. The first-order chi connectivity index (χ1) is 18.6. The van der Waals surface area contributed by atoms with Gasteiger partial charge in [0.1, 0.15) is 5.82 Å². The van der Waals surface area contributed by atoms with E-state index in [9.17, 15) is 10.0 Å². The van der Waals surface area contributed by atoms with Crippen LogP contribution in [0.2, 0.25) is 0 Å². The maximum Gasteiger partial charge on any atom is 0.358 e. The number of hydroxylamine groups is 2. The van der Waals surface area contributed by atoms with Gasteiger partial charge in [-0.3, -0.25) is 5.21 Å². The summed E-state index contributed by atoms with van der Waals surface area (Å²) < 4.78 is 6.88. The van der Waals surface area contributed by atoms with Crippen LogP contribution in [0.5, 0.6) is 0 Å². The molecule has 1 N–H and O–H groups in total. The van der Waals surface area contributed by atoms with E-state index in [0.29, 0.717) is 18.1 Å². The van der Waals surface area contributed by atoms with Crippen molar-refractivity contribution in [3.05, 3.63) is 111 Å². The van der Waals surface area contributed by atoms with Crippen molar-refractivity contribution in [2.75, 3.05) is 7.11 Å². The number of aromatic nitrogens is 2. The zero-order valence-electron chi connectivity index (χ0n) is 21.2. The van der Waals surface area contributed by atoms with Gasteiger partial charge in [-0.2, -0.15) is 0 Å². The molecule has 3 aromatic rings. The molecule has 10 heteroatoms. The Morgan fingerprint density at radius 3 is 2.50 bits per heavy atom. The number of aryl methyl sites for hydroxylation is 1. The molecule has 1 aromatic heterocycles. The number of benzene rings is 2. The first-order valence-electron chi connectivity index (χ1n) is 12.3. The van der Waals surface area contributed by atoms with Gasteiger partial charge >= 0.3 is 5.97 Å². The number of hydrogen-bond donors (Lipinski definition) is 1. The Bertz CT molecular complexity index is 1700. The summed E-state index contributed by atoms with van der Waals surface area (Å²) in [5, 5.41) is 30.6. The van der Waals surface area contributed by atoms with Crippen LogP contribution < -0.4 is 10.4 Å². The van der Waals surface area contributed by atoms with Crippen LogP contribution in [0, 0.1) is 10.4 Å². The lowest BCUT2D eigenvalue weighted by atomic mass is 10.1. The normalized spacial score (nSPS) is 16.5. The van der Waals surface area contributed by atoms with Gasteiger partial charge in [-0.15, -0.1) is 10.2 Å². The summed E-state index contributed by atoms with van der Waals surface area (Å²) in [5.74, 6) is 0.793. The molecule has 0 radical (unpaired) electrons. The van der Waals surface area contributed by atoms with E-state index in [-0.39, 0.29) is 5.69 Å². The fourth-order valence-electron chi connectivity index (χ4n) is 4.47. The van der Waals surface area contributed by atoms with Crippen LogP contribution >= 0.6 is 0 Å². The average Bonchev–Trinajstić information content (AvgIpc) is 3.62. The van der Waals surface area contributed by atoms with Crippen molar-refractivity contribution in [1.29, 1.82) is 0 Å². The van der Waals surface area contributed by atoms with Gasteiger partial charge in [0.15, 0.2) is 5.69 Å². The Morgan fingerprint density at radius 2 is 1.76 bits per heavy atom. The number of unbranched alkanes of at least 4 members (excludes halogenated alkanes) is 1. The van der Waals surface area contributed by atoms with Crippen LogP contribution in [0.4, 0.5) is 0 Å². The molecular formula is C28H27N7O3. The van der Waals surface area contributed by atoms with Gasteiger partial charge in [0.05, 0.1) is 12.8 Å². The molecule has 38 heavy (non-hydrogen) atoms. The molecule has 0 amide bonds.